The van der Waals surface area contributed by atoms with Gasteiger partial charge < -0.3 is 11.1 Å². The molecule has 0 bridgehead atoms. The van der Waals surface area contributed by atoms with Gasteiger partial charge in [-0.25, -0.2) is 0 Å². The van der Waals surface area contributed by atoms with Gasteiger partial charge in [-0.1, -0.05) is 23.5 Å². The summed E-state index contributed by atoms with van der Waals surface area (Å²) in [5.74, 6) is -0.348. The van der Waals surface area contributed by atoms with Crippen LogP contribution in [0.5, 0.6) is 0 Å². The van der Waals surface area contributed by atoms with E-state index in [-0.39, 0.29) is 11.6 Å². The van der Waals surface area contributed by atoms with Crippen LogP contribution in [0.4, 0.5) is 20.2 Å². The number of rotatable bonds is 3. The standard InChI is InChI=1S/C18H17F2N3OS/c1-8-4-5-9(2)11(6-8)22-17(24)15-14(21)13-10(3)7-12(16(19)20)23-18(13)25-15/h4-7,16H,21H2,1-3H3,(H,22,24)/p+1. The van der Waals surface area contributed by atoms with Crippen LogP contribution in [0, 0.1) is 20.8 Å². The SMILES string of the molecule is Cc1ccc(C)c(NC(=O)c2sc3[nH+]c(C(F)F)cc(C)c3c2N)c1. The molecule has 0 aliphatic rings. The number of hydrogen-bond donors (Lipinski definition) is 2. The van der Waals surface area contributed by atoms with Crippen molar-refractivity contribution < 1.29 is 18.6 Å². The fraction of sp³-hybridized carbons (Fsp3) is 0.222. The van der Waals surface area contributed by atoms with Gasteiger partial charge in [0.2, 0.25) is 5.69 Å². The van der Waals surface area contributed by atoms with Gasteiger partial charge >= 0.3 is 6.43 Å². The van der Waals surface area contributed by atoms with Gasteiger partial charge in [0.05, 0.1) is 11.1 Å². The van der Waals surface area contributed by atoms with E-state index in [1.54, 1.807) is 6.92 Å². The van der Waals surface area contributed by atoms with Crippen molar-refractivity contribution in [2.24, 2.45) is 0 Å². The lowest BCUT2D eigenvalue weighted by Crippen LogP contribution is -2.13. The molecule has 25 heavy (non-hydrogen) atoms. The molecule has 4 N–H and O–H groups in total. The summed E-state index contributed by atoms with van der Waals surface area (Å²) in [6.45, 7) is 5.54. The highest BCUT2D eigenvalue weighted by molar-refractivity contribution is 7.20. The number of anilines is 2. The minimum absolute atomic E-state index is 0.187. The Labute approximate surface area is 147 Å². The van der Waals surface area contributed by atoms with Crippen LogP contribution in [0.25, 0.3) is 10.2 Å². The molecule has 3 rings (SSSR count). The molecule has 0 spiro atoms. The van der Waals surface area contributed by atoms with Crippen molar-refractivity contribution >= 4 is 38.8 Å². The predicted molar refractivity (Wildman–Crippen MR) is 96.4 cm³/mol. The molecular formula is C18H18F2N3OS+. The van der Waals surface area contributed by atoms with Gasteiger partial charge in [-0.2, -0.15) is 13.8 Å². The molecule has 0 radical (unpaired) electrons. The van der Waals surface area contributed by atoms with Gasteiger partial charge in [-0.3, -0.25) is 4.79 Å². The summed E-state index contributed by atoms with van der Waals surface area (Å²) < 4.78 is 25.9. The molecule has 0 saturated carbocycles. The van der Waals surface area contributed by atoms with Crippen molar-refractivity contribution in [1.82, 2.24) is 0 Å². The van der Waals surface area contributed by atoms with Crippen LogP contribution in [0.1, 0.15) is 38.5 Å². The second kappa shape index (κ2) is 6.40. The molecular weight excluding hydrogens is 344 g/mol. The number of nitrogens with two attached hydrogens (primary N) is 1. The summed E-state index contributed by atoms with van der Waals surface area (Å²) in [6.07, 6.45) is -2.61. The number of benzene rings is 1. The van der Waals surface area contributed by atoms with Gasteiger partial charge in [0.25, 0.3) is 10.7 Å². The van der Waals surface area contributed by atoms with Crippen LogP contribution in [-0.2, 0) is 0 Å². The van der Waals surface area contributed by atoms with Crippen molar-refractivity contribution in [1.29, 1.82) is 0 Å². The third-order valence-electron chi connectivity index (χ3n) is 4.05. The Morgan fingerprint density at radius 1 is 1.20 bits per heavy atom. The average Bonchev–Trinajstić information content (AvgIpc) is 2.88. The van der Waals surface area contributed by atoms with E-state index >= 15 is 0 Å². The number of pyridine rings is 1. The molecule has 0 atom stereocenters. The number of hydrogen-bond acceptors (Lipinski definition) is 3. The first kappa shape index (κ1) is 17.3. The number of nitrogens with one attached hydrogen (secondary N) is 2. The fourth-order valence-electron chi connectivity index (χ4n) is 2.73. The van der Waals surface area contributed by atoms with E-state index < -0.39 is 6.43 Å². The summed E-state index contributed by atoms with van der Waals surface area (Å²) in [5, 5.41) is 3.47. The van der Waals surface area contributed by atoms with E-state index in [1.165, 1.54) is 6.07 Å². The number of aromatic amines is 1. The summed E-state index contributed by atoms with van der Waals surface area (Å²) in [4.78, 5) is 16.1. The van der Waals surface area contributed by atoms with Crippen LogP contribution in [0.15, 0.2) is 24.3 Å². The number of amides is 1. The number of fused-ring (bicyclic) bond motifs is 1. The molecule has 0 unspecified atom stereocenters. The van der Waals surface area contributed by atoms with Crippen LogP contribution in [-0.4, -0.2) is 5.91 Å². The molecule has 0 fully saturated rings. The Bertz CT molecular complexity index is 982. The van der Waals surface area contributed by atoms with Crippen molar-refractivity contribution in [3.63, 3.8) is 0 Å². The zero-order valence-electron chi connectivity index (χ0n) is 14.0. The highest BCUT2D eigenvalue weighted by atomic mass is 32.1. The van der Waals surface area contributed by atoms with E-state index in [1.807, 2.05) is 32.0 Å². The van der Waals surface area contributed by atoms with Crippen LogP contribution < -0.4 is 16.0 Å². The zero-order valence-corrected chi connectivity index (χ0v) is 14.9. The third-order valence-corrected chi connectivity index (χ3v) is 5.17. The highest BCUT2D eigenvalue weighted by Crippen LogP contribution is 2.35. The lowest BCUT2D eigenvalue weighted by Gasteiger charge is -2.08. The Balaban J connectivity index is 2.03. The molecule has 130 valence electrons. The zero-order chi connectivity index (χ0) is 18.3. The molecule has 7 heteroatoms. The first-order valence-electron chi connectivity index (χ1n) is 7.69. The number of carbonyl (C=O) groups excluding carboxylic acids is 1. The quantitative estimate of drug-likeness (QED) is 0.724. The maximum Gasteiger partial charge on any atom is 0.320 e. The summed E-state index contributed by atoms with van der Waals surface area (Å²) >= 11 is 1.08. The minimum Gasteiger partial charge on any atom is -0.397 e. The van der Waals surface area contributed by atoms with E-state index in [0.29, 0.717) is 32.0 Å². The van der Waals surface area contributed by atoms with Crippen molar-refractivity contribution in [2.75, 3.05) is 11.1 Å². The Hall–Kier alpha value is -2.54. The molecule has 1 aromatic carbocycles. The monoisotopic (exact) mass is 362 g/mol. The van der Waals surface area contributed by atoms with E-state index in [4.69, 9.17) is 5.73 Å². The molecule has 4 nitrogen and oxygen atoms in total. The Kier molecular flexibility index (Phi) is 4.43. The largest absolute Gasteiger partial charge is 0.397 e. The summed E-state index contributed by atoms with van der Waals surface area (Å²) in [6, 6.07) is 7.13. The van der Waals surface area contributed by atoms with Crippen LogP contribution >= 0.6 is 11.3 Å². The van der Waals surface area contributed by atoms with E-state index in [2.05, 4.69) is 10.3 Å². The van der Waals surface area contributed by atoms with E-state index in [9.17, 15) is 13.6 Å². The molecule has 0 aliphatic heterocycles. The maximum absolute atomic E-state index is 13.0. The van der Waals surface area contributed by atoms with Gasteiger partial charge in [-0.15, -0.1) is 0 Å². The number of halogens is 2. The predicted octanol–water partition coefficient (Wildman–Crippen LogP) is 4.41. The Morgan fingerprint density at radius 3 is 2.60 bits per heavy atom. The lowest BCUT2D eigenvalue weighted by atomic mass is 10.1. The third kappa shape index (κ3) is 3.19. The second-order valence-electron chi connectivity index (χ2n) is 6.03. The Morgan fingerprint density at radius 2 is 1.92 bits per heavy atom. The van der Waals surface area contributed by atoms with Gasteiger partial charge in [-0.05, 0) is 43.5 Å². The van der Waals surface area contributed by atoms with E-state index in [0.717, 1.165) is 22.5 Å². The van der Waals surface area contributed by atoms with Crippen molar-refractivity contribution in [3.8, 4) is 0 Å². The summed E-state index contributed by atoms with van der Waals surface area (Å²) in [7, 11) is 0. The topological polar surface area (TPSA) is 69.3 Å². The number of nitrogen functional groups attached to an aromatic ring is 1. The molecule has 3 aromatic rings. The lowest BCUT2D eigenvalue weighted by molar-refractivity contribution is -0.368. The fourth-order valence-corrected chi connectivity index (χ4v) is 3.83. The van der Waals surface area contributed by atoms with Crippen molar-refractivity contribution in [2.45, 2.75) is 27.2 Å². The second-order valence-corrected chi connectivity index (χ2v) is 7.05. The number of aryl methyl sites for hydroxylation is 3. The maximum atomic E-state index is 13.0. The number of alkyl halides is 2. The van der Waals surface area contributed by atoms with Crippen LogP contribution in [0.3, 0.4) is 0 Å². The number of H-pyrrole nitrogens is 1. The highest BCUT2D eigenvalue weighted by Gasteiger charge is 2.25. The number of carbonyl (C=O) groups is 1. The van der Waals surface area contributed by atoms with Gasteiger partial charge in [0, 0.05) is 11.8 Å². The molecule has 2 aromatic heterocycles. The smallest absolute Gasteiger partial charge is 0.320 e. The normalized spacial score (nSPS) is 11.3. The number of thiophene rings is 1. The minimum atomic E-state index is -2.61. The van der Waals surface area contributed by atoms with Crippen molar-refractivity contribution in [3.05, 3.63) is 51.5 Å². The first-order chi connectivity index (χ1) is 11.8. The van der Waals surface area contributed by atoms with Crippen LogP contribution in [0.2, 0.25) is 0 Å². The number of aromatic nitrogens is 1. The molecule has 1 amide bonds. The average molecular weight is 362 g/mol. The van der Waals surface area contributed by atoms with Gasteiger partial charge in [0.15, 0.2) is 0 Å². The first-order valence-corrected chi connectivity index (χ1v) is 8.51. The molecule has 0 saturated heterocycles. The summed E-state index contributed by atoms with van der Waals surface area (Å²) in [5.41, 5.74) is 9.52. The van der Waals surface area contributed by atoms with Gasteiger partial charge in [0.1, 0.15) is 4.88 Å². The molecule has 2 heterocycles. The molecule has 0 aliphatic carbocycles.